The van der Waals surface area contributed by atoms with E-state index >= 15 is 0 Å². The van der Waals surface area contributed by atoms with Gasteiger partial charge in [-0.1, -0.05) is 5.16 Å². The first-order chi connectivity index (χ1) is 12.6. The monoisotopic (exact) mass is 355 g/mol. The highest BCUT2D eigenvalue weighted by molar-refractivity contribution is 5.56. The van der Waals surface area contributed by atoms with Gasteiger partial charge in [0.25, 0.3) is 0 Å². The Morgan fingerprint density at radius 1 is 1.04 bits per heavy atom. The first kappa shape index (κ1) is 17.1. The molecular formula is C19H25N5O2. The van der Waals surface area contributed by atoms with Gasteiger partial charge in [-0.3, -0.25) is 14.9 Å². The lowest BCUT2D eigenvalue weighted by Crippen LogP contribution is -2.45. The van der Waals surface area contributed by atoms with E-state index in [4.69, 9.17) is 8.94 Å². The summed E-state index contributed by atoms with van der Waals surface area (Å²) in [5, 5.41) is 11.4. The third-order valence-electron chi connectivity index (χ3n) is 5.13. The van der Waals surface area contributed by atoms with E-state index < -0.39 is 0 Å². The second-order valence-corrected chi connectivity index (χ2v) is 7.04. The highest BCUT2D eigenvalue weighted by Gasteiger charge is 2.21. The second-order valence-electron chi connectivity index (χ2n) is 7.04. The quantitative estimate of drug-likeness (QED) is 0.758. The molecule has 1 aliphatic rings. The van der Waals surface area contributed by atoms with Crippen LogP contribution < -0.4 is 0 Å². The number of aromatic amines is 1. The minimum Gasteiger partial charge on any atom is -0.460 e. The molecule has 0 radical (unpaired) electrons. The number of aromatic nitrogens is 3. The fraction of sp³-hybridized carbons (Fsp3) is 0.474. The predicted molar refractivity (Wildman–Crippen MR) is 97.6 cm³/mol. The van der Waals surface area contributed by atoms with Gasteiger partial charge in [0.05, 0.1) is 11.9 Å². The van der Waals surface area contributed by atoms with Crippen molar-refractivity contribution in [3.63, 3.8) is 0 Å². The van der Waals surface area contributed by atoms with E-state index in [2.05, 4.69) is 25.2 Å². The van der Waals surface area contributed by atoms with E-state index in [1.807, 2.05) is 39.1 Å². The average Bonchev–Trinajstić information content (AvgIpc) is 3.33. The summed E-state index contributed by atoms with van der Waals surface area (Å²) in [5.41, 5.74) is 4.39. The molecule has 0 aliphatic carbocycles. The summed E-state index contributed by atoms with van der Waals surface area (Å²) >= 11 is 0. The van der Waals surface area contributed by atoms with Crippen molar-refractivity contribution in [2.45, 2.75) is 33.9 Å². The summed E-state index contributed by atoms with van der Waals surface area (Å²) in [7, 11) is 0. The minimum atomic E-state index is 0.854. The van der Waals surface area contributed by atoms with Crippen LogP contribution in [0.3, 0.4) is 0 Å². The third kappa shape index (κ3) is 3.45. The van der Waals surface area contributed by atoms with Gasteiger partial charge in [0.1, 0.15) is 17.2 Å². The third-order valence-corrected chi connectivity index (χ3v) is 5.13. The van der Waals surface area contributed by atoms with Crippen LogP contribution in [0.15, 0.2) is 27.3 Å². The fourth-order valence-electron chi connectivity index (χ4n) is 3.51. The number of rotatable bonds is 5. The maximum atomic E-state index is 5.74. The van der Waals surface area contributed by atoms with Crippen LogP contribution in [0, 0.1) is 20.8 Å². The molecule has 7 heteroatoms. The van der Waals surface area contributed by atoms with Crippen molar-refractivity contribution in [1.82, 2.24) is 25.2 Å². The summed E-state index contributed by atoms with van der Waals surface area (Å²) < 4.78 is 11.0. The highest BCUT2D eigenvalue weighted by atomic mass is 16.5. The number of aryl methyl sites for hydroxylation is 3. The van der Waals surface area contributed by atoms with Gasteiger partial charge in [-0.05, 0) is 32.9 Å². The molecule has 0 bridgehead atoms. The lowest BCUT2D eigenvalue weighted by molar-refractivity contribution is 0.121. The molecule has 0 amide bonds. The van der Waals surface area contributed by atoms with Gasteiger partial charge in [0.15, 0.2) is 5.76 Å². The van der Waals surface area contributed by atoms with Crippen molar-refractivity contribution < 1.29 is 8.94 Å². The summed E-state index contributed by atoms with van der Waals surface area (Å²) in [6.45, 7) is 11.9. The van der Waals surface area contributed by atoms with Crippen molar-refractivity contribution >= 4 is 0 Å². The zero-order chi connectivity index (χ0) is 18.1. The summed E-state index contributed by atoms with van der Waals surface area (Å²) in [6.07, 6.45) is 1.91. The summed E-state index contributed by atoms with van der Waals surface area (Å²) in [6, 6.07) is 3.97. The first-order valence-electron chi connectivity index (χ1n) is 9.05. The number of nitrogens with one attached hydrogen (secondary N) is 1. The predicted octanol–water partition coefficient (Wildman–Crippen LogP) is 2.90. The van der Waals surface area contributed by atoms with Crippen molar-refractivity contribution in [1.29, 1.82) is 0 Å². The first-order valence-corrected chi connectivity index (χ1v) is 9.05. The standard InChI is InChI=1S/C19H25N5O2/c1-13-4-5-18(25-13)19-16(10-20-21-19)11-23-6-8-24(9-7-23)12-17-14(2)22-26-15(17)3/h4-5,10H,6-9,11-12H2,1-3H3,(H,20,21). The molecule has 4 heterocycles. The molecule has 0 unspecified atom stereocenters. The van der Waals surface area contributed by atoms with Crippen LogP contribution in [0.2, 0.25) is 0 Å². The molecule has 1 aliphatic heterocycles. The Morgan fingerprint density at radius 2 is 1.77 bits per heavy atom. The van der Waals surface area contributed by atoms with E-state index in [0.717, 1.165) is 67.9 Å². The van der Waals surface area contributed by atoms with Crippen LogP contribution in [0.4, 0.5) is 0 Å². The van der Waals surface area contributed by atoms with Crippen molar-refractivity contribution in [2.75, 3.05) is 26.2 Å². The molecule has 4 rings (SSSR count). The molecule has 1 fully saturated rings. The van der Waals surface area contributed by atoms with Gasteiger partial charge >= 0.3 is 0 Å². The lowest BCUT2D eigenvalue weighted by atomic mass is 10.1. The lowest BCUT2D eigenvalue weighted by Gasteiger charge is -2.34. The van der Waals surface area contributed by atoms with Crippen molar-refractivity contribution in [3.8, 4) is 11.5 Å². The van der Waals surface area contributed by atoms with E-state index in [9.17, 15) is 0 Å². The van der Waals surface area contributed by atoms with Crippen LogP contribution in [-0.4, -0.2) is 51.3 Å². The van der Waals surface area contributed by atoms with E-state index in [0.29, 0.717) is 0 Å². The molecule has 26 heavy (non-hydrogen) atoms. The van der Waals surface area contributed by atoms with Gasteiger partial charge in [-0.25, -0.2) is 0 Å². The van der Waals surface area contributed by atoms with E-state index in [1.54, 1.807) is 0 Å². The van der Waals surface area contributed by atoms with Crippen LogP contribution >= 0.6 is 0 Å². The molecule has 0 atom stereocenters. The SMILES string of the molecule is Cc1ccc(-c2[nH]ncc2CN2CCN(Cc3c(C)noc3C)CC2)o1. The molecular weight excluding hydrogens is 330 g/mol. The van der Waals surface area contributed by atoms with Crippen LogP contribution in [0.25, 0.3) is 11.5 Å². The molecule has 0 spiro atoms. The Hall–Kier alpha value is -2.38. The highest BCUT2D eigenvalue weighted by Crippen LogP contribution is 2.25. The largest absolute Gasteiger partial charge is 0.460 e. The topological polar surface area (TPSA) is 74.3 Å². The average molecular weight is 355 g/mol. The van der Waals surface area contributed by atoms with E-state index in [-0.39, 0.29) is 0 Å². The Labute approximate surface area is 153 Å². The zero-order valence-electron chi connectivity index (χ0n) is 15.6. The number of furan rings is 1. The van der Waals surface area contributed by atoms with Gasteiger partial charge in [-0.2, -0.15) is 5.10 Å². The Kier molecular flexibility index (Phi) is 4.65. The van der Waals surface area contributed by atoms with Crippen molar-refractivity contribution in [3.05, 3.63) is 46.7 Å². The van der Waals surface area contributed by atoms with E-state index in [1.165, 1.54) is 11.1 Å². The normalized spacial score (nSPS) is 16.4. The fourth-order valence-corrected chi connectivity index (χ4v) is 3.51. The summed E-state index contributed by atoms with van der Waals surface area (Å²) in [5.74, 6) is 2.70. The van der Waals surface area contributed by atoms with Crippen LogP contribution in [0.5, 0.6) is 0 Å². The molecule has 138 valence electrons. The second kappa shape index (κ2) is 7.09. The van der Waals surface area contributed by atoms with Gasteiger partial charge < -0.3 is 8.94 Å². The Morgan fingerprint density at radius 3 is 2.38 bits per heavy atom. The molecule has 7 nitrogen and oxygen atoms in total. The smallest absolute Gasteiger partial charge is 0.152 e. The number of nitrogens with zero attached hydrogens (tertiary/aromatic N) is 4. The van der Waals surface area contributed by atoms with Crippen molar-refractivity contribution in [2.24, 2.45) is 0 Å². The van der Waals surface area contributed by atoms with Crippen LogP contribution in [-0.2, 0) is 13.1 Å². The zero-order valence-corrected chi connectivity index (χ0v) is 15.6. The van der Waals surface area contributed by atoms with Gasteiger partial charge in [0, 0.05) is 50.4 Å². The molecule has 3 aromatic rings. The van der Waals surface area contributed by atoms with Crippen LogP contribution in [0.1, 0.15) is 28.3 Å². The van der Waals surface area contributed by atoms with Gasteiger partial charge in [-0.15, -0.1) is 0 Å². The number of hydrogen-bond acceptors (Lipinski definition) is 6. The molecule has 1 saturated heterocycles. The molecule has 0 saturated carbocycles. The molecule has 3 aromatic heterocycles. The Balaban J connectivity index is 1.36. The number of piperazine rings is 1. The maximum Gasteiger partial charge on any atom is 0.152 e. The molecule has 0 aromatic carbocycles. The minimum absolute atomic E-state index is 0.854. The van der Waals surface area contributed by atoms with Gasteiger partial charge in [0.2, 0.25) is 0 Å². The molecule has 1 N–H and O–H groups in total. The Bertz CT molecular complexity index is 851. The summed E-state index contributed by atoms with van der Waals surface area (Å²) in [4.78, 5) is 4.93. The number of H-pyrrole nitrogens is 1. The number of hydrogen-bond donors (Lipinski definition) is 1. The maximum absolute atomic E-state index is 5.74.